The number of piperidine rings is 1. The number of hydrogen-bond acceptors (Lipinski definition) is 4. The first-order valence-corrected chi connectivity index (χ1v) is 9.00. The highest BCUT2D eigenvalue weighted by Gasteiger charge is 2.25. The lowest BCUT2D eigenvalue weighted by atomic mass is 9.96. The van der Waals surface area contributed by atoms with E-state index in [1.807, 2.05) is 20.8 Å². The highest BCUT2D eigenvalue weighted by molar-refractivity contribution is 5.67. The normalized spacial score (nSPS) is 24.5. The topological polar surface area (TPSA) is 53.6 Å². The van der Waals surface area contributed by atoms with E-state index >= 15 is 0 Å². The maximum Gasteiger partial charge on any atom is 0.407 e. The minimum absolute atomic E-state index is 0.295. The molecule has 1 aliphatic rings. The Balaban J connectivity index is 2.47. The minimum atomic E-state index is -0.450. The standard InChI is InChI=1S/C18H37N3O2/c1-13(2)10-16(12-19-17(22)23-18(4,5)6)20-15-8-9-21(7)14(3)11-15/h13-16,20H,8-12H2,1-7H3,(H,19,22). The summed E-state index contributed by atoms with van der Waals surface area (Å²) in [5.41, 5.74) is -0.450. The molecule has 5 heteroatoms. The summed E-state index contributed by atoms with van der Waals surface area (Å²) in [4.78, 5) is 14.3. The molecule has 1 saturated heterocycles. The van der Waals surface area contributed by atoms with Crippen LogP contribution in [-0.2, 0) is 4.74 Å². The molecule has 3 atom stereocenters. The number of carbonyl (C=O) groups excluding carboxylic acids is 1. The van der Waals surface area contributed by atoms with Crippen LogP contribution in [-0.4, -0.2) is 54.9 Å². The van der Waals surface area contributed by atoms with Crippen molar-refractivity contribution in [3.05, 3.63) is 0 Å². The fourth-order valence-electron chi connectivity index (χ4n) is 3.07. The van der Waals surface area contributed by atoms with Crippen molar-refractivity contribution in [2.24, 2.45) is 5.92 Å². The molecule has 0 bridgehead atoms. The number of hydrogen-bond donors (Lipinski definition) is 2. The Morgan fingerprint density at radius 3 is 2.52 bits per heavy atom. The van der Waals surface area contributed by atoms with Gasteiger partial charge < -0.3 is 20.3 Å². The van der Waals surface area contributed by atoms with Crippen LogP contribution in [0.1, 0.15) is 60.8 Å². The van der Waals surface area contributed by atoms with Crippen LogP contribution in [0, 0.1) is 5.92 Å². The van der Waals surface area contributed by atoms with Crippen LogP contribution in [0.3, 0.4) is 0 Å². The third kappa shape index (κ3) is 8.56. The first-order valence-electron chi connectivity index (χ1n) is 9.00. The molecule has 1 fully saturated rings. The molecular formula is C18H37N3O2. The molecule has 1 heterocycles. The molecule has 0 aromatic heterocycles. The maximum absolute atomic E-state index is 11.9. The molecule has 1 rings (SSSR count). The number of ether oxygens (including phenoxy) is 1. The second kappa shape index (κ2) is 8.88. The molecule has 1 amide bonds. The number of likely N-dealkylation sites (tertiary alicyclic amines) is 1. The zero-order valence-corrected chi connectivity index (χ0v) is 16.1. The third-order valence-corrected chi connectivity index (χ3v) is 4.33. The van der Waals surface area contributed by atoms with Crippen molar-refractivity contribution in [3.63, 3.8) is 0 Å². The first-order chi connectivity index (χ1) is 10.6. The van der Waals surface area contributed by atoms with Crippen LogP contribution >= 0.6 is 0 Å². The van der Waals surface area contributed by atoms with Crippen molar-refractivity contribution >= 4 is 6.09 Å². The largest absolute Gasteiger partial charge is 0.444 e. The van der Waals surface area contributed by atoms with E-state index in [4.69, 9.17) is 4.74 Å². The Bertz CT molecular complexity index is 366. The number of rotatable bonds is 6. The average Bonchev–Trinajstić information content (AvgIpc) is 2.38. The molecule has 0 aromatic rings. The predicted octanol–water partition coefficient (Wildman–Crippen LogP) is 3.00. The van der Waals surface area contributed by atoms with Gasteiger partial charge in [0.2, 0.25) is 0 Å². The van der Waals surface area contributed by atoms with Gasteiger partial charge in [0.05, 0.1) is 0 Å². The van der Waals surface area contributed by atoms with Crippen molar-refractivity contribution in [2.45, 2.75) is 84.5 Å². The zero-order valence-electron chi connectivity index (χ0n) is 16.1. The number of nitrogens with one attached hydrogen (secondary N) is 2. The van der Waals surface area contributed by atoms with Crippen molar-refractivity contribution in [3.8, 4) is 0 Å². The van der Waals surface area contributed by atoms with E-state index in [0.717, 1.165) is 19.4 Å². The van der Waals surface area contributed by atoms with E-state index in [0.29, 0.717) is 30.6 Å². The Morgan fingerprint density at radius 2 is 2.00 bits per heavy atom. The number of amides is 1. The number of nitrogens with zero attached hydrogens (tertiary/aromatic N) is 1. The Labute approximate surface area is 142 Å². The lowest BCUT2D eigenvalue weighted by molar-refractivity contribution is 0.0518. The molecule has 0 aliphatic carbocycles. The van der Waals surface area contributed by atoms with Gasteiger partial charge in [-0.1, -0.05) is 13.8 Å². The summed E-state index contributed by atoms with van der Waals surface area (Å²) in [6.07, 6.45) is 3.06. The quantitative estimate of drug-likeness (QED) is 0.787. The molecule has 0 radical (unpaired) electrons. The lowest BCUT2D eigenvalue weighted by Gasteiger charge is -2.37. The van der Waals surface area contributed by atoms with Gasteiger partial charge in [0, 0.05) is 24.7 Å². The molecule has 23 heavy (non-hydrogen) atoms. The van der Waals surface area contributed by atoms with E-state index in [-0.39, 0.29) is 6.09 Å². The van der Waals surface area contributed by atoms with Crippen LogP contribution in [0.2, 0.25) is 0 Å². The van der Waals surface area contributed by atoms with E-state index in [1.54, 1.807) is 0 Å². The van der Waals surface area contributed by atoms with Crippen molar-refractivity contribution in [1.29, 1.82) is 0 Å². The van der Waals surface area contributed by atoms with Gasteiger partial charge in [-0.2, -0.15) is 0 Å². The first kappa shape index (κ1) is 20.2. The van der Waals surface area contributed by atoms with Crippen LogP contribution in [0.5, 0.6) is 0 Å². The summed E-state index contributed by atoms with van der Waals surface area (Å²) < 4.78 is 5.33. The highest BCUT2D eigenvalue weighted by atomic mass is 16.6. The monoisotopic (exact) mass is 327 g/mol. The van der Waals surface area contributed by atoms with Crippen LogP contribution in [0.4, 0.5) is 4.79 Å². The molecular weight excluding hydrogens is 290 g/mol. The van der Waals surface area contributed by atoms with E-state index < -0.39 is 5.60 Å². The van der Waals surface area contributed by atoms with Crippen molar-refractivity contribution < 1.29 is 9.53 Å². The summed E-state index contributed by atoms with van der Waals surface area (Å²) in [5, 5.41) is 6.68. The molecule has 3 unspecified atom stereocenters. The van der Waals surface area contributed by atoms with E-state index in [1.165, 1.54) is 6.42 Å². The smallest absolute Gasteiger partial charge is 0.407 e. The van der Waals surface area contributed by atoms with Gasteiger partial charge in [0.1, 0.15) is 5.60 Å². The number of carbonyl (C=O) groups is 1. The van der Waals surface area contributed by atoms with Crippen molar-refractivity contribution in [1.82, 2.24) is 15.5 Å². The van der Waals surface area contributed by atoms with Gasteiger partial charge in [-0.3, -0.25) is 0 Å². The van der Waals surface area contributed by atoms with Crippen molar-refractivity contribution in [2.75, 3.05) is 20.1 Å². The van der Waals surface area contributed by atoms with E-state index in [9.17, 15) is 4.79 Å². The van der Waals surface area contributed by atoms with Crippen LogP contribution < -0.4 is 10.6 Å². The van der Waals surface area contributed by atoms with Crippen LogP contribution in [0.15, 0.2) is 0 Å². The minimum Gasteiger partial charge on any atom is -0.444 e. The maximum atomic E-state index is 11.9. The highest BCUT2D eigenvalue weighted by Crippen LogP contribution is 2.17. The summed E-state index contributed by atoms with van der Waals surface area (Å²) in [6, 6.07) is 1.44. The lowest BCUT2D eigenvalue weighted by Crippen LogP contribution is -2.52. The average molecular weight is 328 g/mol. The zero-order chi connectivity index (χ0) is 17.6. The summed E-state index contributed by atoms with van der Waals surface area (Å²) in [6.45, 7) is 14.1. The van der Waals surface area contributed by atoms with Gasteiger partial charge in [-0.25, -0.2) is 4.79 Å². The molecule has 5 nitrogen and oxygen atoms in total. The molecule has 1 aliphatic heterocycles. The van der Waals surface area contributed by atoms with Gasteiger partial charge in [0.15, 0.2) is 0 Å². The summed E-state index contributed by atoms with van der Waals surface area (Å²) in [7, 11) is 2.19. The summed E-state index contributed by atoms with van der Waals surface area (Å²) >= 11 is 0. The molecule has 0 aromatic carbocycles. The molecule has 136 valence electrons. The van der Waals surface area contributed by atoms with Gasteiger partial charge >= 0.3 is 6.09 Å². The van der Waals surface area contributed by atoms with E-state index in [2.05, 4.69) is 43.4 Å². The summed E-state index contributed by atoms with van der Waals surface area (Å²) in [5.74, 6) is 0.594. The van der Waals surface area contributed by atoms with Crippen LogP contribution in [0.25, 0.3) is 0 Å². The number of alkyl carbamates (subject to hydrolysis) is 1. The molecule has 0 saturated carbocycles. The fraction of sp³-hybridized carbons (Fsp3) is 0.944. The van der Waals surface area contributed by atoms with Gasteiger partial charge in [-0.15, -0.1) is 0 Å². The third-order valence-electron chi connectivity index (χ3n) is 4.33. The second-order valence-electron chi connectivity index (χ2n) is 8.43. The van der Waals surface area contributed by atoms with Gasteiger partial charge in [-0.05, 0) is 66.5 Å². The molecule has 2 N–H and O–H groups in total. The molecule has 0 spiro atoms. The Hall–Kier alpha value is -0.810. The van der Waals surface area contributed by atoms with Gasteiger partial charge in [0.25, 0.3) is 0 Å². The Kier molecular flexibility index (Phi) is 7.81. The second-order valence-corrected chi connectivity index (χ2v) is 8.43. The Morgan fingerprint density at radius 1 is 1.35 bits per heavy atom. The predicted molar refractivity (Wildman–Crippen MR) is 95.7 cm³/mol. The fourth-order valence-corrected chi connectivity index (χ4v) is 3.07. The SMILES string of the molecule is CC(C)CC(CNC(=O)OC(C)(C)C)NC1CCN(C)C(C)C1.